The molecule has 0 radical (unpaired) electrons. The number of nitrogens with one attached hydrogen (secondary N) is 1. The minimum Gasteiger partial charge on any atom is -0.507 e. The number of rotatable bonds is 1. The van der Waals surface area contributed by atoms with Gasteiger partial charge in [-0.25, -0.2) is 0 Å². The van der Waals surface area contributed by atoms with Gasteiger partial charge in [0.2, 0.25) is 0 Å². The summed E-state index contributed by atoms with van der Waals surface area (Å²) < 4.78 is 2.16. The largest absolute Gasteiger partial charge is 0.507 e. The van der Waals surface area contributed by atoms with E-state index in [9.17, 15) is 5.11 Å². The molecular weight excluding hydrogens is 297 g/mol. The standard InChI is InChI=1S/C14H11Cl2N3O/c15-8-4-10(20)12-11(7-5-17-18-6-7)9-2-1-3-19(9)14(12)13(8)16/h4-6,20H,1-3H2,(H,17,18). The van der Waals surface area contributed by atoms with Gasteiger partial charge in [-0.2, -0.15) is 5.10 Å². The van der Waals surface area contributed by atoms with Gasteiger partial charge in [-0.15, -0.1) is 0 Å². The van der Waals surface area contributed by atoms with Crippen LogP contribution in [0.2, 0.25) is 10.0 Å². The maximum absolute atomic E-state index is 10.3. The van der Waals surface area contributed by atoms with E-state index in [1.807, 2.05) is 6.20 Å². The highest BCUT2D eigenvalue weighted by atomic mass is 35.5. The lowest BCUT2D eigenvalue weighted by Crippen LogP contribution is -1.92. The number of aromatic nitrogens is 3. The average Bonchev–Trinajstić information content (AvgIpc) is 3.11. The Kier molecular flexibility index (Phi) is 2.53. The third-order valence-corrected chi connectivity index (χ3v) is 4.67. The number of halogens is 2. The number of phenolic OH excluding ortho intramolecular Hbond substituents is 1. The second-order valence-electron chi connectivity index (χ2n) is 4.98. The van der Waals surface area contributed by atoms with E-state index in [0.29, 0.717) is 10.0 Å². The van der Waals surface area contributed by atoms with Crippen molar-refractivity contribution in [3.8, 4) is 16.9 Å². The summed E-state index contributed by atoms with van der Waals surface area (Å²) in [7, 11) is 0. The lowest BCUT2D eigenvalue weighted by molar-refractivity contribution is 0.482. The first-order chi connectivity index (χ1) is 9.68. The van der Waals surface area contributed by atoms with Crippen LogP contribution < -0.4 is 0 Å². The Morgan fingerprint density at radius 2 is 2.20 bits per heavy atom. The minimum atomic E-state index is 0.160. The number of aromatic amines is 1. The molecule has 3 aromatic rings. The Labute approximate surface area is 124 Å². The Morgan fingerprint density at radius 3 is 2.95 bits per heavy atom. The van der Waals surface area contributed by atoms with E-state index in [4.69, 9.17) is 23.2 Å². The molecule has 0 saturated heterocycles. The lowest BCUT2D eigenvalue weighted by Gasteiger charge is -2.06. The zero-order valence-electron chi connectivity index (χ0n) is 10.5. The van der Waals surface area contributed by atoms with Crippen LogP contribution in [0.15, 0.2) is 18.5 Å². The van der Waals surface area contributed by atoms with Gasteiger partial charge in [0.25, 0.3) is 0 Å². The third-order valence-electron chi connectivity index (χ3n) is 3.89. The number of hydrogen-bond donors (Lipinski definition) is 2. The SMILES string of the molecule is Oc1cc(Cl)c(Cl)c2c1c(-c1cn[nH]c1)c1n2CCC1. The fraction of sp³-hybridized carbons (Fsp3) is 0.214. The van der Waals surface area contributed by atoms with Crippen molar-refractivity contribution in [2.24, 2.45) is 0 Å². The number of phenols is 1. The van der Waals surface area contributed by atoms with Gasteiger partial charge in [-0.3, -0.25) is 5.10 Å². The predicted octanol–water partition coefficient (Wildman–Crippen LogP) is 3.99. The van der Waals surface area contributed by atoms with Crippen molar-refractivity contribution >= 4 is 34.1 Å². The van der Waals surface area contributed by atoms with Crippen LogP contribution in [0.5, 0.6) is 5.75 Å². The van der Waals surface area contributed by atoms with Crippen LogP contribution in [-0.4, -0.2) is 19.9 Å². The quantitative estimate of drug-likeness (QED) is 0.714. The summed E-state index contributed by atoms with van der Waals surface area (Å²) in [4.78, 5) is 0. The van der Waals surface area contributed by atoms with E-state index in [0.717, 1.165) is 41.4 Å². The van der Waals surface area contributed by atoms with Gasteiger partial charge in [0, 0.05) is 35.6 Å². The Balaban J connectivity index is 2.22. The monoisotopic (exact) mass is 307 g/mol. The first-order valence-electron chi connectivity index (χ1n) is 6.39. The highest BCUT2D eigenvalue weighted by Gasteiger charge is 2.27. The highest BCUT2D eigenvalue weighted by Crippen LogP contribution is 2.47. The topological polar surface area (TPSA) is 53.8 Å². The summed E-state index contributed by atoms with van der Waals surface area (Å²) in [5, 5.41) is 18.8. The molecule has 6 heteroatoms. The van der Waals surface area contributed by atoms with E-state index >= 15 is 0 Å². The summed E-state index contributed by atoms with van der Waals surface area (Å²) in [5.74, 6) is 0.160. The molecule has 4 nitrogen and oxygen atoms in total. The number of H-pyrrole nitrogens is 1. The van der Waals surface area contributed by atoms with Gasteiger partial charge in [-0.05, 0) is 12.8 Å². The number of benzene rings is 1. The molecule has 1 aliphatic rings. The Bertz CT molecular complexity index is 821. The molecule has 1 aliphatic heterocycles. The van der Waals surface area contributed by atoms with Gasteiger partial charge in [0.1, 0.15) is 5.75 Å². The van der Waals surface area contributed by atoms with E-state index < -0.39 is 0 Å². The van der Waals surface area contributed by atoms with E-state index in [2.05, 4.69) is 14.8 Å². The lowest BCUT2D eigenvalue weighted by atomic mass is 10.0. The molecule has 2 aromatic heterocycles. The molecule has 0 spiro atoms. The van der Waals surface area contributed by atoms with Gasteiger partial charge < -0.3 is 9.67 Å². The van der Waals surface area contributed by atoms with Crippen LogP contribution in [-0.2, 0) is 13.0 Å². The summed E-state index contributed by atoms with van der Waals surface area (Å²) in [5.41, 5.74) is 3.96. The van der Waals surface area contributed by atoms with Gasteiger partial charge in [0.05, 0.1) is 27.1 Å². The highest BCUT2D eigenvalue weighted by molar-refractivity contribution is 6.45. The molecule has 102 valence electrons. The maximum atomic E-state index is 10.3. The molecule has 0 atom stereocenters. The second kappa shape index (κ2) is 4.17. The molecule has 0 fully saturated rings. The molecule has 0 aliphatic carbocycles. The zero-order valence-corrected chi connectivity index (χ0v) is 12.0. The average molecular weight is 308 g/mol. The molecule has 0 unspecified atom stereocenters. The van der Waals surface area contributed by atoms with E-state index in [1.54, 1.807) is 6.20 Å². The number of hydrogen-bond acceptors (Lipinski definition) is 2. The number of aryl methyl sites for hydroxylation is 1. The molecule has 2 N–H and O–H groups in total. The maximum Gasteiger partial charge on any atom is 0.127 e. The first kappa shape index (κ1) is 12.1. The van der Waals surface area contributed by atoms with Crippen molar-refractivity contribution in [2.45, 2.75) is 19.4 Å². The van der Waals surface area contributed by atoms with Gasteiger partial charge in [0.15, 0.2) is 0 Å². The molecule has 20 heavy (non-hydrogen) atoms. The summed E-state index contributed by atoms with van der Waals surface area (Å²) in [6, 6.07) is 1.51. The van der Waals surface area contributed by atoms with Crippen molar-refractivity contribution in [1.29, 1.82) is 0 Å². The molecule has 0 bridgehead atoms. The fourth-order valence-corrected chi connectivity index (χ4v) is 3.57. The molecule has 0 amide bonds. The summed E-state index contributed by atoms with van der Waals surface area (Å²) in [6.45, 7) is 0.892. The fourth-order valence-electron chi connectivity index (χ4n) is 3.12. The van der Waals surface area contributed by atoms with Crippen molar-refractivity contribution in [3.05, 3.63) is 34.2 Å². The van der Waals surface area contributed by atoms with Crippen molar-refractivity contribution in [2.75, 3.05) is 0 Å². The number of aromatic hydroxyl groups is 1. The third kappa shape index (κ3) is 1.46. The van der Waals surface area contributed by atoms with Gasteiger partial charge in [-0.1, -0.05) is 23.2 Å². The van der Waals surface area contributed by atoms with Crippen LogP contribution in [0.1, 0.15) is 12.1 Å². The van der Waals surface area contributed by atoms with Gasteiger partial charge >= 0.3 is 0 Å². The minimum absolute atomic E-state index is 0.160. The van der Waals surface area contributed by atoms with Crippen LogP contribution in [0, 0.1) is 0 Å². The summed E-state index contributed by atoms with van der Waals surface area (Å²) in [6.07, 6.45) is 5.62. The Hall–Kier alpha value is -1.65. The van der Waals surface area contributed by atoms with Crippen molar-refractivity contribution in [3.63, 3.8) is 0 Å². The van der Waals surface area contributed by atoms with Crippen LogP contribution in [0.4, 0.5) is 0 Å². The molecule has 4 rings (SSSR count). The second-order valence-corrected chi connectivity index (χ2v) is 5.76. The number of nitrogens with zero attached hydrogens (tertiary/aromatic N) is 2. The zero-order chi connectivity index (χ0) is 13.9. The van der Waals surface area contributed by atoms with E-state index in [-0.39, 0.29) is 5.75 Å². The normalized spacial score (nSPS) is 14.1. The molecule has 0 saturated carbocycles. The van der Waals surface area contributed by atoms with Crippen LogP contribution in [0.25, 0.3) is 22.0 Å². The Morgan fingerprint density at radius 1 is 1.35 bits per heavy atom. The predicted molar refractivity (Wildman–Crippen MR) is 79.5 cm³/mol. The molecule has 3 heterocycles. The summed E-state index contributed by atoms with van der Waals surface area (Å²) >= 11 is 12.5. The molecule has 1 aromatic carbocycles. The van der Waals surface area contributed by atoms with E-state index in [1.165, 1.54) is 11.8 Å². The van der Waals surface area contributed by atoms with Crippen molar-refractivity contribution in [1.82, 2.24) is 14.8 Å². The van der Waals surface area contributed by atoms with Crippen LogP contribution >= 0.6 is 23.2 Å². The number of fused-ring (bicyclic) bond motifs is 3. The first-order valence-corrected chi connectivity index (χ1v) is 7.15. The van der Waals surface area contributed by atoms with Crippen LogP contribution in [0.3, 0.4) is 0 Å². The smallest absolute Gasteiger partial charge is 0.127 e. The molecular formula is C14H11Cl2N3O. The van der Waals surface area contributed by atoms with Crippen molar-refractivity contribution < 1.29 is 5.11 Å².